The van der Waals surface area contributed by atoms with Gasteiger partial charge in [-0.05, 0) is 50.5 Å². The summed E-state index contributed by atoms with van der Waals surface area (Å²) in [6, 6.07) is 0. The average molecular weight is 265 g/mol. The van der Waals surface area contributed by atoms with Crippen LogP contribution in [0.5, 0.6) is 0 Å². The fourth-order valence-electron chi connectivity index (χ4n) is 2.17. The van der Waals surface area contributed by atoms with Crippen LogP contribution in [0.3, 0.4) is 0 Å². The SMILES string of the molecule is C=CCCCCCC=CC(=O)NCC1CCOCC1. The first kappa shape index (κ1) is 16.0. The zero-order valence-electron chi connectivity index (χ0n) is 11.9. The molecule has 1 fully saturated rings. The summed E-state index contributed by atoms with van der Waals surface area (Å²) in [6.07, 6.45) is 13.4. The van der Waals surface area contributed by atoms with Crippen LogP contribution in [-0.4, -0.2) is 25.7 Å². The second-order valence-electron chi connectivity index (χ2n) is 5.13. The molecule has 3 heteroatoms. The molecule has 108 valence electrons. The Morgan fingerprint density at radius 1 is 1.21 bits per heavy atom. The van der Waals surface area contributed by atoms with Crippen LogP contribution in [0.4, 0.5) is 0 Å². The van der Waals surface area contributed by atoms with Gasteiger partial charge in [0.05, 0.1) is 0 Å². The van der Waals surface area contributed by atoms with E-state index in [1.54, 1.807) is 6.08 Å². The Hall–Kier alpha value is -1.09. The van der Waals surface area contributed by atoms with E-state index in [9.17, 15) is 4.79 Å². The molecule has 1 N–H and O–H groups in total. The minimum absolute atomic E-state index is 0.0394. The molecule has 3 nitrogen and oxygen atoms in total. The summed E-state index contributed by atoms with van der Waals surface area (Å²) < 4.78 is 5.29. The monoisotopic (exact) mass is 265 g/mol. The molecule has 0 spiro atoms. The first-order valence-electron chi connectivity index (χ1n) is 7.46. The molecular formula is C16H27NO2. The molecule has 0 atom stereocenters. The molecule has 1 aliphatic rings. The Labute approximate surface area is 117 Å². The molecule has 1 heterocycles. The molecule has 0 saturated carbocycles. The van der Waals surface area contributed by atoms with E-state index in [0.717, 1.165) is 51.9 Å². The molecule has 0 radical (unpaired) electrons. The lowest BCUT2D eigenvalue weighted by molar-refractivity contribution is -0.116. The number of carbonyl (C=O) groups excluding carboxylic acids is 1. The second-order valence-corrected chi connectivity index (χ2v) is 5.13. The topological polar surface area (TPSA) is 38.3 Å². The van der Waals surface area contributed by atoms with Crippen LogP contribution in [0.1, 0.15) is 44.9 Å². The molecule has 1 rings (SSSR count). The number of allylic oxidation sites excluding steroid dienone is 2. The summed E-state index contributed by atoms with van der Waals surface area (Å²) in [4.78, 5) is 11.6. The van der Waals surface area contributed by atoms with E-state index < -0.39 is 0 Å². The number of hydrogen-bond acceptors (Lipinski definition) is 2. The van der Waals surface area contributed by atoms with E-state index in [1.807, 2.05) is 12.2 Å². The Bertz CT molecular complexity index is 280. The third-order valence-corrected chi connectivity index (χ3v) is 3.45. The van der Waals surface area contributed by atoms with Crippen molar-refractivity contribution < 1.29 is 9.53 Å². The van der Waals surface area contributed by atoms with Crippen molar-refractivity contribution in [1.29, 1.82) is 0 Å². The van der Waals surface area contributed by atoms with Gasteiger partial charge in [0.15, 0.2) is 0 Å². The van der Waals surface area contributed by atoms with E-state index in [2.05, 4.69) is 11.9 Å². The molecule has 0 aromatic rings. The van der Waals surface area contributed by atoms with E-state index in [0.29, 0.717) is 5.92 Å². The van der Waals surface area contributed by atoms with Gasteiger partial charge in [-0.15, -0.1) is 6.58 Å². The van der Waals surface area contributed by atoms with Crippen molar-refractivity contribution >= 4 is 5.91 Å². The summed E-state index contributed by atoms with van der Waals surface area (Å²) in [5.41, 5.74) is 0. The molecule has 1 amide bonds. The molecule has 0 bridgehead atoms. The molecule has 19 heavy (non-hydrogen) atoms. The predicted octanol–water partition coefficient (Wildman–Crippen LogP) is 3.22. The lowest BCUT2D eigenvalue weighted by Crippen LogP contribution is -2.31. The van der Waals surface area contributed by atoms with Crippen molar-refractivity contribution in [1.82, 2.24) is 5.32 Å². The minimum atomic E-state index is 0.0394. The highest BCUT2D eigenvalue weighted by molar-refractivity contribution is 5.87. The number of nitrogens with one attached hydrogen (secondary N) is 1. The Kier molecular flexibility index (Phi) is 9.07. The van der Waals surface area contributed by atoms with Crippen LogP contribution in [0, 0.1) is 5.92 Å². The van der Waals surface area contributed by atoms with Gasteiger partial charge in [0, 0.05) is 19.8 Å². The van der Waals surface area contributed by atoms with Crippen molar-refractivity contribution in [2.75, 3.05) is 19.8 Å². The van der Waals surface area contributed by atoms with Crippen LogP contribution in [0.2, 0.25) is 0 Å². The maximum Gasteiger partial charge on any atom is 0.243 e. The average Bonchev–Trinajstić information content (AvgIpc) is 2.45. The van der Waals surface area contributed by atoms with Crippen LogP contribution in [0.15, 0.2) is 24.8 Å². The fourth-order valence-corrected chi connectivity index (χ4v) is 2.17. The highest BCUT2D eigenvalue weighted by Gasteiger charge is 2.13. The van der Waals surface area contributed by atoms with Crippen molar-refractivity contribution in [3.05, 3.63) is 24.8 Å². The van der Waals surface area contributed by atoms with Crippen LogP contribution >= 0.6 is 0 Å². The van der Waals surface area contributed by atoms with Gasteiger partial charge >= 0.3 is 0 Å². The summed E-state index contributed by atoms with van der Waals surface area (Å²) in [5, 5.41) is 2.97. The fraction of sp³-hybridized carbons (Fsp3) is 0.688. The predicted molar refractivity (Wildman–Crippen MR) is 79.0 cm³/mol. The van der Waals surface area contributed by atoms with Gasteiger partial charge in [-0.2, -0.15) is 0 Å². The highest BCUT2D eigenvalue weighted by Crippen LogP contribution is 2.13. The zero-order chi connectivity index (χ0) is 13.8. The summed E-state index contributed by atoms with van der Waals surface area (Å²) in [5.74, 6) is 0.627. The van der Waals surface area contributed by atoms with Gasteiger partial charge in [-0.3, -0.25) is 4.79 Å². The summed E-state index contributed by atoms with van der Waals surface area (Å²) in [7, 11) is 0. The molecule has 0 aromatic heterocycles. The molecule has 0 aliphatic carbocycles. The lowest BCUT2D eigenvalue weighted by atomic mass is 10.0. The summed E-state index contributed by atoms with van der Waals surface area (Å²) >= 11 is 0. The van der Waals surface area contributed by atoms with Crippen LogP contribution in [0.25, 0.3) is 0 Å². The van der Waals surface area contributed by atoms with E-state index in [1.165, 1.54) is 12.8 Å². The van der Waals surface area contributed by atoms with E-state index in [4.69, 9.17) is 4.74 Å². The quantitative estimate of drug-likeness (QED) is 0.395. The largest absolute Gasteiger partial charge is 0.381 e. The second kappa shape index (κ2) is 10.8. The third kappa shape index (κ3) is 8.60. The maximum atomic E-state index is 11.6. The Morgan fingerprint density at radius 3 is 2.68 bits per heavy atom. The zero-order valence-corrected chi connectivity index (χ0v) is 11.9. The van der Waals surface area contributed by atoms with Crippen molar-refractivity contribution in [3.63, 3.8) is 0 Å². The first-order chi connectivity index (χ1) is 9.33. The van der Waals surface area contributed by atoms with Gasteiger partial charge in [0.1, 0.15) is 0 Å². The number of carbonyl (C=O) groups is 1. The maximum absolute atomic E-state index is 11.6. The molecular weight excluding hydrogens is 238 g/mol. The number of unbranched alkanes of at least 4 members (excludes halogenated alkanes) is 4. The van der Waals surface area contributed by atoms with Crippen molar-refractivity contribution in [3.8, 4) is 0 Å². The van der Waals surface area contributed by atoms with Gasteiger partial charge < -0.3 is 10.1 Å². The molecule has 1 saturated heterocycles. The lowest BCUT2D eigenvalue weighted by Gasteiger charge is -2.21. The molecule has 1 aliphatic heterocycles. The first-order valence-corrected chi connectivity index (χ1v) is 7.46. The third-order valence-electron chi connectivity index (χ3n) is 3.45. The Morgan fingerprint density at radius 2 is 1.95 bits per heavy atom. The van der Waals surface area contributed by atoms with Gasteiger partial charge in [-0.1, -0.05) is 18.6 Å². The van der Waals surface area contributed by atoms with Crippen LogP contribution < -0.4 is 5.32 Å². The van der Waals surface area contributed by atoms with Crippen LogP contribution in [-0.2, 0) is 9.53 Å². The molecule has 0 unspecified atom stereocenters. The Balaban J connectivity index is 1.98. The van der Waals surface area contributed by atoms with Gasteiger partial charge in [0.25, 0.3) is 0 Å². The number of amides is 1. The van der Waals surface area contributed by atoms with Crippen molar-refractivity contribution in [2.24, 2.45) is 5.92 Å². The highest BCUT2D eigenvalue weighted by atomic mass is 16.5. The normalized spacial score (nSPS) is 16.6. The number of hydrogen-bond donors (Lipinski definition) is 1. The van der Waals surface area contributed by atoms with E-state index >= 15 is 0 Å². The smallest absolute Gasteiger partial charge is 0.243 e. The minimum Gasteiger partial charge on any atom is -0.381 e. The molecule has 0 aromatic carbocycles. The van der Waals surface area contributed by atoms with Crippen molar-refractivity contribution in [2.45, 2.75) is 44.9 Å². The summed E-state index contributed by atoms with van der Waals surface area (Å²) in [6.45, 7) is 6.15. The van der Waals surface area contributed by atoms with Gasteiger partial charge in [-0.25, -0.2) is 0 Å². The van der Waals surface area contributed by atoms with Gasteiger partial charge in [0.2, 0.25) is 5.91 Å². The van der Waals surface area contributed by atoms with E-state index in [-0.39, 0.29) is 5.91 Å². The standard InChI is InChI=1S/C16H27NO2/c1-2-3-4-5-6-7-8-9-16(18)17-14-15-10-12-19-13-11-15/h2,8-9,15H,1,3-7,10-14H2,(H,17,18). The number of rotatable bonds is 9. The number of ether oxygens (including phenoxy) is 1.